The van der Waals surface area contributed by atoms with Crippen molar-refractivity contribution in [2.45, 2.75) is 76.7 Å². The first kappa shape index (κ1) is 21.9. The van der Waals surface area contributed by atoms with Crippen LogP contribution in [0.15, 0.2) is 40.5 Å². The zero-order valence-electron chi connectivity index (χ0n) is 19.8. The van der Waals surface area contributed by atoms with E-state index in [9.17, 15) is 4.79 Å². The van der Waals surface area contributed by atoms with Crippen molar-refractivity contribution in [3.8, 4) is 0 Å². The van der Waals surface area contributed by atoms with E-state index in [1.54, 1.807) is 6.20 Å². The molecule has 0 aromatic carbocycles. The van der Waals surface area contributed by atoms with Gasteiger partial charge in [-0.3, -0.25) is 10.1 Å². The Morgan fingerprint density at radius 2 is 2.12 bits per heavy atom. The summed E-state index contributed by atoms with van der Waals surface area (Å²) in [6.07, 6.45) is 12.8. The maximum atomic E-state index is 13.4. The molecule has 3 aliphatic rings. The number of aromatic nitrogens is 2. The second kappa shape index (κ2) is 8.13. The van der Waals surface area contributed by atoms with Gasteiger partial charge >= 0.3 is 0 Å². The molecule has 2 unspecified atom stereocenters. The van der Waals surface area contributed by atoms with Gasteiger partial charge in [-0.1, -0.05) is 0 Å². The molecule has 0 bridgehead atoms. The van der Waals surface area contributed by atoms with Crippen molar-refractivity contribution in [3.63, 3.8) is 0 Å². The topological polar surface area (TPSA) is 98.9 Å². The summed E-state index contributed by atoms with van der Waals surface area (Å²) in [5, 5.41) is 8.01. The number of hydrogen-bond donors (Lipinski definition) is 2. The molecule has 1 saturated heterocycles. The van der Waals surface area contributed by atoms with E-state index in [0.717, 1.165) is 18.7 Å². The van der Waals surface area contributed by atoms with Crippen molar-refractivity contribution in [2.75, 3.05) is 13.2 Å². The van der Waals surface area contributed by atoms with E-state index in [1.807, 2.05) is 4.90 Å². The van der Waals surface area contributed by atoms with Gasteiger partial charge < -0.3 is 19.5 Å². The average molecular weight is 452 g/mol. The summed E-state index contributed by atoms with van der Waals surface area (Å²) < 4.78 is 5.49. The number of hydrogen-bond acceptors (Lipinski definition) is 8. The van der Waals surface area contributed by atoms with E-state index in [-0.39, 0.29) is 23.2 Å². The van der Waals surface area contributed by atoms with Gasteiger partial charge in [-0.2, -0.15) is 0 Å². The number of piperidine rings is 1. The zero-order chi connectivity index (χ0) is 23.2. The SMILES string of the molecule is CC(C)NC1=NCN(C2(NC3(C)CC3)CCN(C(=O)c3coc4ncncc34)C(C)C2)C=C1. The minimum atomic E-state index is -0.244. The fourth-order valence-electron chi connectivity index (χ4n) is 5.02. The summed E-state index contributed by atoms with van der Waals surface area (Å²) in [6.45, 7) is 9.89. The van der Waals surface area contributed by atoms with Crippen LogP contribution in [0.3, 0.4) is 0 Å². The Kier molecular flexibility index (Phi) is 5.39. The number of carbonyl (C=O) groups excluding carboxylic acids is 1. The molecule has 4 heterocycles. The van der Waals surface area contributed by atoms with E-state index in [1.165, 1.54) is 25.4 Å². The first-order valence-corrected chi connectivity index (χ1v) is 11.8. The lowest BCUT2D eigenvalue weighted by atomic mass is 9.88. The van der Waals surface area contributed by atoms with Gasteiger partial charge in [-0.15, -0.1) is 0 Å². The molecule has 1 aliphatic carbocycles. The van der Waals surface area contributed by atoms with E-state index in [4.69, 9.17) is 9.41 Å². The van der Waals surface area contributed by atoms with Crippen molar-refractivity contribution >= 4 is 22.8 Å². The molecule has 2 atom stereocenters. The Morgan fingerprint density at radius 3 is 2.79 bits per heavy atom. The van der Waals surface area contributed by atoms with E-state index >= 15 is 0 Å². The van der Waals surface area contributed by atoms with Crippen LogP contribution in [-0.4, -0.2) is 68.0 Å². The highest BCUT2D eigenvalue weighted by molar-refractivity contribution is 6.05. The molecule has 33 heavy (non-hydrogen) atoms. The van der Waals surface area contributed by atoms with Gasteiger partial charge in [0.05, 0.1) is 16.6 Å². The fraction of sp³-hybridized carbons (Fsp3) is 0.583. The largest absolute Gasteiger partial charge is 0.445 e. The lowest BCUT2D eigenvalue weighted by Crippen LogP contribution is -2.67. The normalized spacial score (nSPS) is 26.6. The number of amidine groups is 1. The van der Waals surface area contributed by atoms with E-state index < -0.39 is 0 Å². The van der Waals surface area contributed by atoms with E-state index in [2.05, 4.69) is 65.5 Å². The van der Waals surface area contributed by atoms with Crippen LogP contribution in [0.1, 0.15) is 63.7 Å². The van der Waals surface area contributed by atoms with Crippen LogP contribution in [0.2, 0.25) is 0 Å². The Labute approximate surface area is 194 Å². The van der Waals surface area contributed by atoms with Gasteiger partial charge in [0.2, 0.25) is 5.71 Å². The smallest absolute Gasteiger partial charge is 0.258 e. The molecular formula is C24H33N7O2. The molecule has 176 valence electrons. The highest BCUT2D eigenvalue weighted by Crippen LogP contribution is 2.42. The number of carbonyl (C=O) groups is 1. The molecule has 0 spiro atoms. The van der Waals surface area contributed by atoms with Crippen LogP contribution in [0, 0.1) is 0 Å². The van der Waals surface area contributed by atoms with Crippen LogP contribution in [0.25, 0.3) is 11.1 Å². The third-order valence-electron chi connectivity index (χ3n) is 7.00. The summed E-state index contributed by atoms with van der Waals surface area (Å²) in [7, 11) is 0. The molecule has 2 aromatic rings. The van der Waals surface area contributed by atoms with Crippen LogP contribution in [0.5, 0.6) is 0 Å². The minimum absolute atomic E-state index is 0.0297. The quantitative estimate of drug-likeness (QED) is 0.721. The highest BCUT2D eigenvalue weighted by Gasteiger charge is 2.50. The number of amides is 1. The summed E-state index contributed by atoms with van der Waals surface area (Å²) in [6, 6.07) is 0.388. The molecule has 2 aliphatic heterocycles. The maximum Gasteiger partial charge on any atom is 0.258 e. The van der Waals surface area contributed by atoms with Gasteiger partial charge in [-0.25, -0.2) is 15.0 Å². The molecule has 0 radical (unpaired) electrons. The monoisotopic (exact) mass is 451 g/mol. The van der Waals surface area contributed by atoms with Crippen molar-refractivity contribution in [3.05, 3.63) is 36.6 Å². The lowest BCUT2D eigenvalue weighted by molar-refractivity contribution is -0.00494. The summed E-state index contributed by atoms with van der Waals surface area (Å²) in [5.74, 6) is 0.890. The molecule has 2 N–H and O–H groups in total. The maximum absolute atomic E-state index is 13.4. The minimum Gasteiger partial charge on any atom is -0.445 e. The number of nitrogens with zero attached hydrogens (tertiary/aromatic N) is 5. The van der Waals surface area contributed by atoms with Crippen molar-refractivity contribution < 1.29 is 9.21 Å². The number of nitrogens with one attached hydrogen (secondary N) is 2. The fourth-order valence-corrected chi connectivity index (χ4v) is 5.02. The molecule has 2 aromatic heterocycles. The number of rotatable bonds is 5. The molecular weight excluding hydrogens is 418 g/mol. The number of likely N-dealkylation sites (tertiary alicyclic amines) is 1. The van der Waals surface area contributed by atoms with E-state index in [0.29, 0.717) is 35.9 Å². The lowest BCUT2D eigenvalue weighted by Gasteiger charge is -2.52. The van der Waals surface area contributed by atoms with Gasteiger partial charge in [0.25, 0.3) is 5.91 Å². The third-order valence-corrected chi connectivity index (χ3v) is 7.00. The molecule has 5 rings (SSSR count). The number of fused-ring (bicyclic) bond motifs is 1. The second-order valence-electron chi connectivity index (χ2n) is 10.2. The zero-order valence-corrected chi connectivity index (χ0v) is 19.8. The van der Waals surface area contributed by atoms with Gasteiger partial charge in [0.15, 0.2) is 0 Å². The van der Waals surface area contributed by atoms with Crippen molar-refractivity contribution in [1.82, 2.24) is 30.4 Å². The average Bonchev–Trinajstić information content (AvgIpc) is 3.34. The Morgan fingerprint density at radius 1 is 1.30 bits per heavy atom. The van der Waals surface area contributed by atoms with Crippen LogP contribution in [-0.2, 0) is 0 Å². The van der Waals surface area contributed by atoms with Crippen LogP contribution < -0.4 is 10.6 Å². The predicted molar refractivity (Wildman–Crippen MR) is 127 cm³/mol. The van der Waals surface area contributed by atoms with Gasteiger partial charge in [-0.05, 0) is 46.6 Å². The third kappa shape index (κ3) is 4.21. The van der Waals surface area contributed by atoms with Crippen LogP contribution in [0.4, 0.5) is 0 Å². The molecule has 9 nitrogen and oxygen atoms in total. The van der Waals surface area contributed by atoms with Crippen molar-refractivity contribution in [1.29, 1.82) is 0 Å². The Hall–Kier alpha value is -2.94. The highest BCUT2D eigenvalue weighted by atomic mass is 16.3. The molecule has 2 fully saturated rings. The summed E-state index contributed by atoms with van der Waals surface area (Å²) in [4.78, 5) is 30.7. The standard InChI is InChI=1S/C24H33N7O2/c1-16(2)28-20-5-9-30(15-27-20)24(29-23(4)6-7-23)8-10-31(17(3)11-24)22(32)19-13-33-21-18(19)12-25-14-26-21/h5,9,12-14,16-17,29H,6-8,10-11,15H2,1-4H3,(H,27,28). The molecule has 1 amide bonds. The molecule has 1 saturated carbocycles. The Balaban J connectivity index is 1.36. The van der Waals surface area contributed by atoms with Gasteiger partial charge in [0, 0.05) is 49.4 Å². The first-order valence-electron chi connectivity index (χ1n) is 11.8. The summed E-state index contributed by atoms with van der Waals surface area (Å²) >= 11 is 0. The second-order valence-corrected chi connectivity index (χ2v) is 10.2. The predicted octanol–water partition coefficient (Wildman–Crippen LogP) is 2.87. The van der Waals surface area contributed by atoms with Crippen LogP contribution >= 0.6 is 0 Å². The molecule has 9 heteroatoms. The van der Waals surface area contributed by atoms with Gasteiger partial charge in [0.1, 0.15) is 25.1 Å². The Bertz CT molecular complexity index is 1100. The number of furan rings is 1. The van der Waals surface area contributed by atoms with Crippen molar-refractivity contribution in [2.24, 2.45) is 4.99 Å². The summed E-state index contributed by atoms with van der Waals surface area (Å²) in [5.41, 5.74) is 0.876. The first-order chi connectivity index (χ1) is 15.8. The number of aliphatic imine (C=N–C) groups is 1.